The summed E-state index contributed by atoms with van der Waals surface area (Å²) in [5, 5.41) is 6.83. The van der Waals surface area contributed by atoms with Crippen molar-refractivity contribution in [3.05, 3.63) is 72.7 Å². The maximum absolute atomic E-state index is 12.3. The second-order valence-corrected chi connectivity index (χ2v) is 5.29. The molecule has 0 unspecified atom stereocenters. The number of aromatic nitrogens is 6. The Morgan fingerprint density at radius 3 is 2.68 bits per heavy atom. The van der Waals surface area contributed by atoms with Gasteiger partial charge in [0, 0.05) is 12.7 Å². The summed E-state index contributed by atoms with van der Waals surface area (Å²) < 4.78 is 1.56. The molecule has 0 saturated heterocycles. The molecule has 0 aliphatic rings. The first-order valence-electron chi connectivity index (χ1n) is 7.59. The smallest absolute Gasteiger partial charge is 0.271 e. The molecule has 4 aromatic rings. The van der Waals surface area contributed by atoms with E-state index < -0.39 is 0 Å². The highest BCUT2D eigenvalue weighted by molar-refractivity contribution is 5.93. The molecule has 0 saturated carbocycles. The van der Waals surface area contributed by atoms with Gasteiger partial charge in [-0.15, -0.1) is 0 Å². The van der Waals surface area contributed by atoms with Crippen molar-refractivity contribution in [2.45, 2.75) is 6.54 Å². The molecule has 3 heterocycles. The third kappa shape index (κ3) is 3.18. The fraction of sp³-hybridized carbons (Fsp3) is 0.0588. The lowest BCUT2D eigenvalue weighted by molar-refractivity contribution is 0.0946. The monoisotopic (exact) mass is 331 g/mol. The van der Waals surface area contributed by atoms with Crippen LogP contribution < -0.4 is 5.32 Å². The lowest BCUT2D eigenvalue weighted by atomic mass is 10.2. The van der Waals surface area contributed by atoms with Crippen LogP contribution in [-0.2, 0) is 6.54 Å². The molecule has 0 spiro atoms. The van der Waals surface area contributed by atoms with Crippen LogP contribution in [0.15, 0.2) is 61.4 Å². The zero-order valence-corrected chi connectivity index (χ0v) is 13.1. The fourth-order valence-electron chi connectivity index (χ4n) is 2.32. The minimum Gasteiger partial charge on any atom is -0.347 e. The summed E-state index contributed by atoms with van der Waals surface area (Å²) in [6, 6.07) is 11.1. The number of carbonyl (C=O) groups excluding carboxylic acids is 1. The van der Waals surface area contributed by atoms with Gasteiger partial charge in [-0.2, -0.15) is 5.10 Å². The molecular weight excluding hydrogens is 318 g/mol. The molecule has 8 heteroatoms. The molecular formula is C17H13N7O. The summed E-state index contributed by atoms with van der Waals surface area (Å²) in [5.41, 5.74) is 2.60. The summed E-state index contributed by atoms with van der Waals surface area (Å²) in [4.78, 5) is 29.0. The summed E-state index contributed by atoms with van der Waals surface area (Å²) in [7, 11) is 0. The maximum Gasteiger partial charge on any atom is 0.271 e. The van der Waals surface area contributed by atoms with Gasteiger partial charge >= 0.3 is 0 Å². The highest BCUT2D eigenvalue weighted by Gasteiger charge is 2.09. The number of hydrogen-bond donors (Lipinski definition) is 1. The summed E-state index contributed by atoms with van der Waals surface area (Å²) in [6.45, 7) is 0.345. The van der Waals surface area contributed by atoms with Crippen molar-refractivity contribution in [1.29, 1.82) is 0 Å². The molecule has 25 heavy (non-hydrogen) atoms. The Labute approximate surface area is 142 Å². The van der Waals surface area contributed by atoms with Gasteiger partial charge in [-0.3, -0.25) is 9.78 Å². The van der Waals surface area contributed by atoms with E-state index in [1.54, 1.807) is 17.2 Å². The Morgan fingerprint density at radius 1 is 1.04 bits per heavy atom. The average molecular weight is 331 g/mol. The van der Waals surface area contributed by atoms with Crippen molar-refractivity contribution in [1.82, 2.24) is 35.0 Å². The lowest BCUT2D eigenvalue weighted by Crippen LogP contribution is -2.24. The molecule has 1 aromatic carbocycles. The highest BCUT2D eigenvalue weighted by Crippen LogP contribution is 2.09. The van der Waals surface area contributed by atoms with Gasteiger partial charge in [-0.25, -0.2) is 19.6 Å². The molecule has 3 aromatic heterocycles. The Bertz CT molecular complexity index is 1010. The Balaban J connectivity index is 1.44. The SMILES string of the molecule is O=C(NCc1ccc(-n2cncn2)nc1)c1cnc2ccccc2n1. The van der Waals surface area contributed by atoms with E-state index in [0.717, 1.165) is 11.1 Å². The predicted octanol–water partition coefficient (Wildman–Crippen LogP) is 1.54. The zero-order valence-electron chi connectivity index (χ0n) is 13.1. The van der Waals surface area contributed by atoms with E-state index in [0.29, 0.717) is 17.9 Å². The number of carbonyl (C=O) groups is 1. The molecule has 8 nitrogen and oxygen atoms in total. The van der Waals surface area contributed by atoms with E-state index in [9.17, 15) is 4.79 Å². The first kappa shape index (κ1) is 14.9. The van der Waals surface area contributed by atoms with E-state index in [1.165, 1.54) is 12.5 Å². The molecule has 122 valence electrons. The third-order valence-electron chi connectivity index (χ3n) is 3.60. The highest BCUT2D eigenvalue weighted by atomic mass is 16.1. The van der Waals surface area contributed by atoms with Crippen LogP contribution in [0.1, 0.15) is 16.1 Å². The summed E-state index contributed by atoms with van der Waals surface area (Å²) >= 11 is 0. The Kier molecular flexibility index (Phi) is 3.83. The van der Waals surface area contributed by atoms with E-state index >= 15 is 0 Å². The van der Waals surface area contributed by atoms with E-state index in [1.807, 2.05) is 36.4 Å². The number of benzene rings is 1. The Hall–Kier alpha value is -3.68. The first-order valence-corrected chi connectivity index (χ1v) is 7.59. The number of nitrogens with one attached hydrogen (secondary N) is 1. The predicted molar refractivity (Wildman–Crippen MR) is 89.9 cm³/mol. The minimum absolute atomic E-state index is 0.279. The van der Waals surface area contributed by atoms with Gasteiger partial charge in [0.1, 0.15) is 18.3 Å². The van der Waals surface area contributed by atoms with Crippen LogP contribution >= 0.6 is 0 Å². The normalized spacial score (nSPS) is 10.7. The van der Waals surface area contributed by atoms with Crippen LogP contribution in [-0.4, -0.2) is 35.6 Å². The second kappa shape index (κ2) is 6.44. The molecule has 0 radical (unpaired) electrons. The molecule has 1 amide bonds. The van der Waals surface area contributed by atoms with Crippen molar-refractivity contribution in [3.63, 3.8) is 0 Å². The lowest BCUT2D eigenvalue weighted by Gasteiger charge is -2.06. The molecule has 0 aliphatic carbocycles. The number of para-hydroxylation sites is 2. The molecule has 0 fully saturated rings. The van der Waals surface area contributed by atoms with Crippen molar-refractivity contribution in [2.75, 3.05) is 0 Å². The van der Waals surface area contributed by atoms with Crippen LogP contribution in [0, 0.1) is 0 Å². The first-order chi connectivity index (χ1) is 12.3. The number of fused-ring (bicyclic) bond motifs is 1. The van der Waals surface area contributed by atoms with Gasteiger partial charge in [0.05, 0.1) is 17.2 Å². The summed E-state index contributed by atoms with van der Waals surface area (Å²) in [6.07, 6.45) is 6.18. The van der Waals surface area contributed by atoms with Gasteiger partial charge < -0.3 is 5.32 Å². The van der Waals surface area contributed by atoms with Crippen molar-refractivity contribution < 1.29 is 4.79 Å². The van der Waals surface area contributed by atoms with Gasteiger partial charge in [0.25, 0.3) is 5.91 Å². The fourth-order valence-corrected chi connectivity index (χ4v) is 2.32. The van der Waals surface area contributed by atoms with E-state index in [4.69, 9.17) is 0 Å². The number of pyridine rings is 1. The van der Waals surface area contributed by atoms with Crippen LogP contribution in [0.5, 0.6) is 0 Å². The molecule has 0 atom stereocenters. The zero-order chi connectivity index (χ0) is 17.1. The Morgan fingerprint density at radius 2 is 1.92 bits per heavy atom. The van der Waals surface area contributed by atoms with Gasteiger partial charge in [0.15, 0.2) is 5.82 Å². The maximum atomic E-state index is 12.3. The summed E-state index contributed by atoms with van der Waals surface area (Å²) in [5.74, 6) is 0.381. The van der Waals surface area contributed by atoms with E-state index in [2.05, 4.69) is 30.4 Å². The van der Waals surface area contributed by atoms with Crippen molar-refractivity contribution >= 4 is 16.9 Å². The standard InChI is InChI=1S/C17H13N7O/c25-17(15-9-19-13-3-1-2-4-14(13)23-15)21-8-12-5-6-16(20-7-12)24-11-18-10-22-24/h1-7,9-11H,8H2,(H,21,25). The van der Waals surface area contributed by atoms with Crippen LogP contribution in [0.25, 0.3) is 16.9 Å². The third-order valence-corrected chi connectivity index (χ3v) is 3.60. The molecule has 0 aliphatic heterocycles. The number of nitrogens with zero attached hydrogens (tertiary/aromatic N) is 6. The molecule has 1 N–H and O–H groups in total. The van der Waals surface area contributed by atoms with Crippen molar-refractivity contribution in [2.24, 2.45) is 0 Å². The van der Waals surface area contributed by atoms with Crippen LogP contribution in [0.3, 0.4) is 0 Å². The second-order valence-electron chi connectivity index (χ2n) is 5.29. The van der Waals surface area contributed by atoms with Crippen LogP contribution in [0.2, 0.25) is 0 Å². The molecule has 4 rings (SSSR count). The number of amides is 1. The van der Waals surface area contributed by atoms with Gasteiger partial charge in [-0.1, -0.05) is 18.2 Å². The largest absolute Gasteiger partial charge is 0.347 e. The number of hydrogen-bond acceptors (Lipinski definition) is 6. The quantitative estimate of drug-likeness (QED) is 0.609. The van der Waals surface area contributed by atoms with E-state index in [-0.39, 0.29) is 11.6 Å². The van der Waals surface area contributed by atoms with Crippen LogP contribution in [0.4, 0.5) is 0 Å². The number of rotatable bonds is 4. The van der Waals surface area contributed by atoms with Crippen molar-refractivity contribution in [3.8, 4) is 5.82 Å². The average Bonchev–Trinajstić information content (AvgIpc) is 3.21. The van der Waals surface area contributed by atoms with Gasteiger partial charge in [0.2, 0.25) is 0 Å². The molecule has 0 bridgehead atoms. The topological polar surface area (TPSA) is 98.5 Å². The minimum atomic E-state index is -0.279. The van der Waals surface area contributed by atoms with Gasteiger partial charge in [-0.05, 0) is 23.8 Å².